The number of alkyl carbamates (subject to hydrolysis) is 1. The van der Waals surface area contributed by atoms with Gasteiger partial charge in [-0.05, 0) is 76.7 Å². The molecule has 2 saturated heterocycles. The summed E-state index contributed by atoms with van der Waals surface area (Å²) in [6.45, 7) is 11.2. The fourth-order valence-corrected chi connectivity index (χ4v) is 4.16. The average molecular weight is 464 g/mol. The highest BCUT2D eigenvalue weighted by Gasteiger charge is 2.39. The minimum atomic E-state index is -0.592. The molecule has 0 aromatic carbocycles. The van der Waals surface area contributed by atoms with Gasteiger partial charge >= 0.3 is 12.2 Å². The molecule has 2 N–H and O–H groups in total. The van der Waals surface area contributed by atoms with Crippen molar-refractivity contribution in [2.24, 2.45) is 11.8 Å². The number of hydrogen-bond acceptors (Lipinski definition) is 7. The number of rotatable bonds is 4. The van der Waals surface area contributed by atoms with Crippen LogP contribution >= 0.6 is 12.2 Å². The molecule has 0 unspecified atom stereocenters. The van der Waals surface area contributed by atoms with Crippen LogP contribution in [0.1, 0.15) is 40.5 Å². The van der Waals surface area contributed by atoms with Gasteiger partial charge in [0.1, 0.15) is 11.4 Å². The Balaban J connectivity index is 1.40. The van der Waals surface area contributed by atoms with Crippen LogP contribution in [0.25, 0.3) is 0 Å². The number of carbonyl (C=O) groups is 2. The van der Waals surface area contributed by atoms with Crippen molar-refractivity contribution in [1.29, 1.82) is 0 Å². The Labute approximate surface area is 194 Å². The van der Waals surface area contributed by atoms with E-state index >= 15 is 0 Å². The van der Waals surface area contributed by atoms with Gasteiger partial charge in [0.2, 0.25) is 0 Å². The Morgan fingerprint density at radius 3 is 2.44 bits per heavy atom. The molecule has 32 heavy (non-hydrogen) atoms. The number of pyridine rings is 1. The maximum absolute atomic E-state index is 12.1. The largest absolute Gasteiger partial charge is 0.450 e. The van der Waals surface area contributed by atoms with Crippen LogP contribution in [-0.2, 0) is 9.47 Å². The number of anilines is 2. The molecule has 2 aliphatic heterocycles. The van der Waals surface area contributed by atoms with Gasteiger partial charge in [0.25, 0.3) is 0 Å². The second-order valence-electron chi connectivity index (χ2n) is 9.17. The third kappa shape index (κ3) is 6.69. The zero-order valence-electron chi connectivity index (χ0n) is 19.2. The van der Waals surface area contributed by atoms with Gasteiger partial charge in [0.15, 0.2) is 5.11 Å². The van der Waals surface area contributed by atoms with Crippen LogP contribution in [0.3, 0.4) is 0 Å². The second-order valence-corrected chi connectivity index (χ2v) is 9.58. The first kappa shape index (κ1) is 24.0. The number of piperidine rings is 1. The minimum absolute atomic E-state index is 0.144. The molecule has 10 heteroatoms. The van der Waals surface area contributed by atoms with E-state index in [9.17, 15) is 9.59 Å². The van der Waals surface area contributed by atoms with Crippen LogP contribution in [0.2, 0.25) is 0 Å². The van der Waals surface area contributed by atoms with Gasteiger partial charge in [-0.25, -0.2) is 14.6 Å². The normalized spacial score (nSPS) is 17.4. The van der Waals surface area contributed by atoms with Crippen LogP contribution in [0.15, 0.2) is 18.3 Å². The molecule has 2 aliphatic rings. The zero-order valence-corrected chi connectivity index (χ0v) is 20.0. The van der Waals surface area contributed by atoms with E-state index in [1.165, 1.54) is 0 Å². The van der Waals surface area contributed by atoms with Gasteiger partial charge in [-0.3, -0.25) is 5.32 Å². The summed E-state index contributed by atoms with van der Waals surface area (Å²) in [6, 6.07) is 3.83. The smallest absolute Gasteiger partial charge is 0.413 e. The molecule has 1 aromatic rings. The summed E-state index contributed by atoms with van der Waals surface area (Å²) in [5.74, 6) is 1.74. The SMILES string of the molecule is CCOC(=O)NC(=S)Nc1ccc(N2CCC(C3CN(C(=O)OC(C)(C)C)C3)CC2)cn1. The topological polar surface area (TPSA) is 96.0 Å². The summed E-state index contributed by atoms with van der Waals surface area (Å²) < 4.78 is 10.2. The van der Waals surface area contributed by atoms with Crippen molar-refractivity contribution in [3.63, 3.8) is 0 Å². The number of thiocarbonyl (C=S) groups is 1. The molecule has 0 aliphatic carbocycles. The lowest BCUT2D eigenvalue weighted by Crippen LogP contribution is -2.55. The highest BCUT2D eigenvalue weighted by Crippen LogP contribution is 2.34. The second kappa shape index (κ2) is 10.3. The number of nitrogens with zero attached hydrogens (tertiary/aromatic N) is 3. The highest BCUT2D eigenvalue weighted by molar-refractivity contribution is 7.80. The molecular formula is C22H33N5O4S. The number of hydrogen-bond donors (Lipinski definition) is 2. The van der Waals surface area contributed by atoms with E-state index in [-0.39, 0.29) is 17.8 Å². The molecule has 0 bridgehead atoms. The molecule has 0 spiro atoms. The van der Waals surface area contributed by atoms with Gasteiger partial charge < -0.3 is 24.6 Å². The molecular weight excluding hydrogens is 430 g/mol. The monoisotopic (exact) mass is 463 g/mol. The van der Waals surface area contributed by atoms with Crippen LogP contribution in [0.4, 0.5) is 21.1 Å². The van der Waals surface area contributed by atoms with E-state index in [4.69, 9.17) is 21.7 Å². The molecule has 0 radical (unpaired) electrons. The fourth-order valence-electron chi connectivity index (χ4n) is 3.97. The molecule has 2 amide bonds. The van der Waals surface area contributed by atoms with Crippen molar-refractivity contribution >= 4 is 41.0 Å². The lowest BCUT2D eigenvalue weighted by Gasteiger charge is -2.46. The quantitative estimate of drug-likeness (QED) is 0.654. The predicted octanol–water partition coefficient (Wildman–Crippen LogP) is 3.61. The first-order valence-electron chi connectivity index (χ1n) is 11.1. The van der Waals surface area contributed by atoms with Crippen molar-refractivity contribution < 1.29 is 19.1 Å². The van der Waals surface area contributed by atoms with Gasteiger partial charge in [-0.1, -0.05) is 0 Å². The molecule has 9 nitrogen and oxygen atoms in total. The lowest BCUT2D eigenvalue weighted by atomic mass is 9.80. The van der Waals surface area contributed by atoms with Crippen molar-refractivity contribution in [2.75, 3.05) is 43.0 Å². The van der Waals surface area contributed by atoms with Crippen LogP contribution < -0.4 is 15.5 Å². The third-order valence-electron chi connectivity index (χ3n) is 5.61. The van der Waals surface area contributed by atoms with Gasteiger partial charge in [0, 0.05) is 26.2 Å². The molecule has 3 heterocycles. The van der Waals surface area contributed by atoms with Crippen molar-refractivity contribution in [3.8, 4) is 0 Å². The molecule has 0 saturated carbocycles. The molecule has 3 rings (SSSR count). The van der Waals surface area contributed by atoms with Gasteiger partial charge in [0.05, 0.1) is 18.5 Å². The standard InChI is InChI=1S/C22H33N5O4S/c1-5-30-20(28)25-19(32)24-18-7-6-17(12-23-18)26-10-8-15(9-11-26)16-13-27(14-16)21(29)31-22(2,3)4/h6-7,12,15-16H,5,8-11,13-14H2,1-4H3,(H2,23,24,25,28,32). The summed E-state index contributed by atoms with van der Waals surface area (Å²) >= 11 is 5.08. The Hall–Kier alpha value is -2.62. The number of amides is 2. The fraction of sp³-hybridized carbons (Fsp3) is 0.636. The Morgan fingerprint density at radius 2 is 1.88 bits per heavy atom. The maximum atomic E-state index is 12.1. The summed E-state index contributed by atoms with van der Waals surface area (Å²) in [5.41, 5.74) is 0.608. The zero-order chi connectivity index (χ0) is 23.3. The van der Waals surface area contributed by atoms with E-state index in [0.717, 1.165) is 44.7 Å². The summed E-state index contributed by atoms with van der Waals surface area (Å²) in [4.78, 5) is 32.1. The molecule has 176 valence electrons. The van der Waals surface area contributed by atoms with Crippen molar-refractivity contribution in [1.82, 2.24) is 15.2 Å². The predicted molar refractivity (Wildman–Crippen MR) is 127 cm³/mol. The Bertz CT molecular complexity index is 813. The van der Waals surface area contributed by atoms with Crippen LogP contribution in [0, 0.1) is 11.8 Å². The first-order valence-corrected chi connectivity index (χ1v) is 11.5. The Kier molecular flexibility index (Phi) is 7.76. The number of likely N-dealkylation sites (tertiary alicyclic amines) is 1. The number of aromatic nitrogens is 1. The van der Waals surface area contributed by atoms with Gasteiger partial charge in [-0.2, -0.15) is 0 Å². The molecule has 1 aromatic heterocycles. The van der Waals surface area contributed by atoms with Crippen LogP contribution in [-0.4, -0.2) is 65.6 Å². The molecule has 2 fully saturated rings. The van der Waals surface area contributed by atoms with E-state index in [2.05, 4.69) is 20.5 Å². The van der Waals surface area contributed by atoms with Crippen molar-refractivity contribution in [2.45, 2.75) is 46.1 Å². The summed E-state index contributed by atoms with van der Waals surface area (Å²) in [6.07, 6.45) is 3.21. The van der Waals surface area contributed by atoms with Crippen molar-refractivity contribution in [3.05, 3.63) is 18.3 Å². The van der Waals surface area contributed by atoms with E-state index in [1.807, 2.05) is 39.1 Å². The number of carbonyl (C=O) groups excluding carboxylic acids is 2. The van der Waals surface area contributed by atoms with E-state index in [1.54, 1.807) is 11.8 Å². The number of ether oxygens (including phenoxy) is 2. The first-order chi connectivity index (χ1) is 15.1. The third-order valence-corrected chi connectivity index (χ3v) is 5.82. The Morgan fingerprint density at radius 1 is 1.19 bits per heavy atom. The number of nitrogens with one attached hydrogen (secondary N) is 2. The molecule has 0 atom stereocenters. The highest BCUT2D eigenvalue weighted by atomic mass is 32.1. The summed E-state index contributed by atoms with van der Waals surface area (Å²) in [5, 5.41) is 5.45. The lowest BCUT2D eigenvalue weighted by molar-refractivity contribution is -0.0131. The average Bonchev–Trinajstić information content (AvgIpc) is 2.66. The van der Waals surface area contributed by atoms with Crippen LogP contribution in [0.5, 0.6) is 0 Å². The van der Waals surface area contributed by atoms with E-state index in [0.29, 0.717) is 17.7 Å². The maximum Gasteiger partial charge on any atom is 0.413 e. The van der Waals surface area contributed by atoms with E-state index < -0.39 is 11.7 Å². The van der Waals surface area contributed by atoms with Gasteiger partial charge in [-0.15, -0.1) is 0 Å². The minimum Gasteiger partial charge on any atom is -0.450 e. The summed E-state index contributed by atoms with van der Waals surface area (Å²) in [7, 11) is 0.